The van der Waals surface area contributed by atoms with E-state index in [-0.39, 0.29) is 17.5 Å². The Labute approximate surface area is 114 Å². The molecule has 1 heterocycles. The van der Waals surface area contributed by atoms with Crippen LogP contribution in [0.25, 0.3) is 0 Å². The summed E-state index contributed by atoms with van der Waals surface area (Å²) in [7, 11) is 0. The van der Waals surface area contributed by atoms with Gasteiger partial charge in [-0.15, -0.1) is 0 Å². The summed E-state index contributed by atoms with van der Waals surface area (Å²) in [5.41, 5.74) is -1.84. The van der Waals surface area contributed by atoms with Crippen LogP contribution in [0.3, 0.4) is 0 Å². The van der Waals surface area contributed by atoms with Crippen molar-refractivity contribution in [3.05, 3.63) is 22.8 Å². The van der Waals surface area contributed by atoms with Crippen LogP contribution in [0.15, 0.2) is 12.1 Å². The number of alkyl halides is 3. The van der Waals surface area contributed by atoms with Gasteiger partial charge in [0.05, 0.1) is 11.2 Å². The fourth-order valence-electron chi connectivity index (χ4n) is 1.51. The van der Waals surface area contributed by atoms with Gasteiger partial charge in [0.2, 0.25) is 0 Å². The highest BCUT2D eigenvalue weighted by atomic mass is 35.5. The smallest absolute Gasteiger partial charge is 0.388 e. The molecule has 1 aromatic rings. The Bertz CT molecular complexity index is 433. The number of nitrogens with zero attached hydrogens (tertiary/aromatic N) is 1. The molecule has 19 heavy (non-hydrogen) atoms. The number of aromatic nitrogens is 1. The number of hydrogen-bond donors (Lipinski definition) is 2. The first-order valence-corrected chi connectivity index (χ1v) is 6.29. The maximum Gasteiger partial charge on any atom is 0.416 e. The lowest BCUT2D eigenvalue weighted by Gasteiger charge is -2.25. The summed E-state index contributed by atoms with van der Waals surface area (Å²) in [6.07, 6.45) is -3.50. The third-order valence-corrected chi connectivity index (χ3v) is 3.23. The summed E-state index contributed by atoms with van der Waals surface area (Å²) in [5.74, 6) is 0.000139. The lowest BCUT2D eigenvalue weighted by Crippen LogP contribution is -2.35. The molecular weight excluding hydrogens is 281 g/mol. The van der Waals surface area contributed by atoms with Crippen LogP contribution >= 0.6 is 11.6 Å². The van der Waals surface area contributed by atoms with E-state index >= 15 is 0 Å². The normalized spacial score (nSPS) is 12.6. The standard InChI is InChI=1S/C12H16ClF3N2O/c1-3-11(19,4-2)7-17-10-6-8(12(14,15)16)5-9(13)18-10/h5-6,19H,3-4,7H2,1-2H3,(H,17,18). The van der Waals surface area contributed by atoms with Crippen LogP contribution in [0.1, 0.15) is 32.3 Å². The van der Waals surface area contributed by atoms with Gasteiger partial charge in [0.15, 0.2) is 0 Å². The predicted octanol–water partition coefficient (Wildman–Crippen LogP) is 3.72. The van der Waals surface area contributed by atoms with E-state index in [1.807, 2.05) is 0 Å². The lowest BCUT2D eigenvalue weighted by atomic mass is 9.98. The minimum absolute atomic E-state index is 0.000139. The van der Waals surface area contributed by atoms with Gasteiger partial charge in [0, 0.05) is 6.54 Å². The van der Waals surface area contributed by atoms with Gasteiger partial charge < -0.3 is 10.4 Å². The van der Waals surface area contributed by atoms with Gasteiger partial charge in [0.1, 0.15) is 11.0 Å². The second kappa shape index (κ2) is 5.96. The number of pyridine rings is 1. The van der Waals surface area contributed by atoms with Gasteiger partial charge in [-0.25, -0.2) is 4.98 Å². The van der Waals surface area contributed by atoms with Gasteiger partial charge in [-0.05, 0) is 25.0 Å². The maximum atomic E-state index is 12.6. The third-order valence-electron chi connectivity index (χ3n) is 3.04. The zero-order chi connectivity index (χ0) is 14.7. The summed E-state index contributed by atoms with van der Waals surface area (Å²) >= 11 is 5.56. The summed E-state index contributed by atoms with van der Waals surface area (Å²) in [6, 6.07) is 1.64. The Balaban J connectivity index is 2.88. The Morgan fingerprint density at radius 3 is 2.32 bits per heavy atom. The van der Waals surface area contributed by atoms with Gasteiger partial charge in [-0.3, -0.25) is 0 Å². The summed E-state index contributed by atoms with van der Waals surface area (Å²) < 4.78 is 37.8. The van der Waals surface area contributed by atoms with Crippen molar-refractivity contribution in [2.24, 2.45) is 0 Å². The monoisotopic (exact) mass is 296 g/mol. The van der Waals surface area contributed by atoms with E-state index in [2.05, 4.69) is 10.3 Å². The lowest BCUT2D eigenvalue weighted by molar-refractivity contribution is -0.137. The second-order valence-corrected chi connectivity index (χ2v) is 4.73. The highest BCUT2D eigenvalue weighted by Gasteiger charge is 2.31. The summed E-state index contributed by atoms with van der Waals surface area (Å²) in [6.45, 7) is 3.72. The van der Waals surface area contributed by atoms with Crippen molar-refractivity contribution < 1.29 is 18.3 Å². The van der Waals surface area contributed by atoms with Crippen molar-refractivity contribution in [2.45, 2.75) is 38.5 Å². The number of halogens is 4. The van der Waals surface area contributed by atoms with Crippen molar-refractivity contribution in [1.82, 2.24) is 4.98 Å². The first kappa shape index (κ1) is 16.0. The molecule has 1 aromatic heterocycles. The van der Waals surface area contributed by atoms with E-state index < -0.39 is 17.3 Å². The fraction of sp³-hybridized carbons (Fsp3) is 0.583. The molecule has 0 amide bonds. The summed E-state index contributed by atoms with van der Waals surface area (Å²) in [4.78, 5) is 3.76. The number of nitrogens with one attached hydrogen (secondary N) is 1. The van der Waals surface area contributed by atoms with Gasteiger partial charge in [-0.1, -0.05) is 25.4 Å². The Kier molecular flexibility index (Phi) is 5.04. The molecule has 3 nitrogen and oxygen atoms in total. The summed E-state index contributed by atoms with van der Waals surface area (Å²) in [5, 5.41) is 12.5. The molecule has 0 aliphatic heterocycles. The molecule has 0 atom stereocenters. The SMILES string of the molecule is CCC(O)(CC)CNc1cc(C(F)(F)F)cc(Cl)n1. The van der Waals surface area contributed by atoms with Crippen LogP contribution in [0.2, 0.25) is 5.15 Å². The van der Waals surface area contributed by atoms with Crippen LogP contribution < -0.4 is 5.32 Å². The van der Waals surface area contributed by atoms with E-state index in [0.717, 1.165) is 12.1 Å². The minimum Gasteiger partial charge on any atom is -0.388 e. The average molecular weight is 297 g/mol. The first-order chi connectivity index (χ1) is 8.70. The van der Waals surface area contributed by atoms with Crippen LogP contribution in [0.4, 0.5) is 19.0 Å². The molecule has 0 spiro atoms. The molecule has 0 aliphatic carbocycles. The molecule has 0 radical (unpaired) electrons. The van der Waals surface area contributed by atoms with Gasteiger partial charge in [-0.2, -0.15) is 13.2 Å². The zero-order valence-corrected chi connectivity index (χ0v) is 11.4. The van der Waals surface area contributed by atoms with Crippen LogP contribution in [-0.2, 0) is 6.18 Å². The molecule has 0 aromatic carbocycles. The number of anilines is 1. The molecular formula is C12H16ClF3N2O. The highest BCUT2D eigenvalue weighted by Crippen LogP contribution is 2.32. The molecule has 0 fully saturated rings. The zero-order valence-electron chi connectivity index (χ0n) is 10.7. The van der Waals surface area contributed by atoms with Crippen molar-refractivity contribution in [3.63, 3.8) is 0 Å². The molecule has 0 saturated carbocycles. The Morgan fingerprint density at radius 2 is 1.84 bits per heavy atom. The second-order valence-electron chi connectivity index (χ2n) is 4.35. The van der Waals surface area contributed by atoms with Gasteiger partial charge in [0.25, 0.3) is 0 Å². The topological polar surface area (TPSA) is 45.1 Å². The number of aliphatic hydroxyl groups is 1. The maximum absolute atomic E-state index is 12.6. The molecule has 0 aliphatic rings. The van der Waals surface area contributed by atoms with Crippen LogP contribution in [0.5, 0.6) is 0 Å². The van der Waals surface area contributed by atoms with E-state index in [0.29, 0.717) is 12.8 Å². The molecule has 7 heteroatoms. The highest BCUT2D eigenvalue weighted by molar-refractivity contribution is 6.29. The number of hydrogen-bond acceptors (Lipinski definition) is 3. The Hall–Kier alpha value is -1.01. The first-order valence-electron chi connectivity index (χ1n) is 5.91. The van der Waals surface area contributed by atoms with E-state index in [4.69, 9.17) is 11.6 Å². The van der Waals surface area contributed by atoms with Crippen molar-refractivity contribution in [1.29, 1.82) is 0 Å². The van der Waals surface area contributed by atoms with Crippen molar-refractivity contribution >= 4 is 17.4 Å². The molecule has 0 unspecified atom stereocenters. The third kappa shape index (κ3) is 4.54. The van der Waals surface area contributed by atoms with Crippen molar-refractivity contribution in [2.75, 3.05) is 11.9 Å². The van der Waals surface area contributed by atoms with E-state index in [1.54, 1.807) is 13.8 Å². The molecule has 0 saturated heterocycles. The molecule has 2 N–H and O–H groups in total. The average Bonchev–Trinajstić information content (AvgIpc) is 2.34. The Morgan fingerprint density at radius 1 is 1.26 bits per heavy atom. The predicted molar refractivity (Wildman–Crippen MR) is 68.3 cm³/mol. The van der Waals surface area contributed by atoms with Crippen molar-refractivity contribution in [3.8, 4) is 0 Å². The van der Waals surface area contributed by atoms with Gasteiger partial charge >= 0.3 is 6.18 Å². The fourth-order valence-corrected chi connectivity index (χ4v) is 1.71. The quantitative estimate of drug-likeness (QED) is 0.814. The van der Waals surface area contributed by atoms with Crippen LogP contribution in [-0.4, -0.2) is 22.2 Å². The molecule has 1 rings (SSSR count). The van der Waals surface area contributed by atoms with Crippen LogP contribution in [0, 0.1) is 0 Å². The largest absolute Gasteiger partial charge is 0.416 e. The molecule has 0 bridgehead atoms. The number of rotatable bonds is 5. The molecule has 108 valence electrons. The minimum atomic E-state index is -4.48. The van der Waals surface area contributed by atoms with E-state index in [9.17, 15) is 18.3 Å². The van der Waals surface area contributed by atoms with E-state index in [1.165, 1.54) is 0 Å².